The summed E-state index contributed by atoms with van der Waals surface area (Å²) >= 11 is 0. The zero-order valence-electron chi connectivity index (χ0n) is 9.36. The summed E-state index contributed by atoms with van der Waals surface area (Å²) in [6, 6.07) is -0.167. The van der Waals surface area contributed by atoms with Gasteiger partial charge in [0.2, 0.25) is 0 Å². The summed E-state index contributed by atoms with van der Waals surface area (Å²) < 4.78 is 0. The van der Waals surface area contributed by atoms with E-state index in [9.17, 15) is 10.2 Å². The molecule has 1 heterocycles. The average molecular weight is 202 g/mol. The van der Waals surface area contributed by atoms with Gasteiger partial charge in [0.1, 0.15) is 12.5 Å². The Hall–Kier alpha value is -0.160. The molecule has 0 radical (unpaired) electrons. The van der Waals surface area contributed by atoms with Gasteiger partial charge in [-0.25, -0.2) is 0 Å². The fourth-order valence-corrected chi connectivity index (χ4v) is 1.90. The maximum Gasteiger partial charge on any atom is 0.121 e. The van der Waals surface area contributed by atoms with Crippen LogP contribution in [0.3, 0.4) is 0 Å². The monoisotopic (exact) mass is 202 g/mol. The molecule has 1 saturated heterocycles. The van der Waals surface area contributed by atoms with Crippen LogP contribution in [0.1, 0.15) is 27.7 Å². The average Bonchev–Trinajstić information content (AvgIpc) is 2.07. The van der Waals surface area contributed by atoms with Crippen molar-refractivity contribution in [2.45, 2.75) is 52.2 Å². The Kier molecular flexibility index (Phi) is 3.89. The molecule has 0 aromatic carbocycles. The molecule has 0 bridgehead atoms. The Morgan fingerprint density at radius 1 is 0.786 bits per heavy atom. The molecule has 4 heteroatoms. The SMILES string of the molecule is CC(C)C1NC(O)C(C(C)C)NC1O. The Balaban J connectivity index is 2.62. The van der Waals surface area contributed by atoms with Crippen LogP contribution in [0.25, 0.3) is 0 Å². The van der Waals surface area contributed by atoms with Crippen LogP contribution in [-0.4, -0.2) is 34.8 Å². The molecule has 0 aliphatic carbocycles. The third-order valence-electron chi connectivity index (χ3n) is 2.84. The topological polar surface area (TPSA) is 64.5 Å². The van der Waals surface area contributed by atoms with Crippen LogP contribution in [0, 0.1) is 11.8 Å². The van der Waals surface area contributed by atoms with Crippen molar-refractivity contribution in [1.82, 2.24) is 10.6 Å². The van der Waals surface area contributed by atoms with E-state index in [1.54, 1.807) is 0 Å². The number of rotatable bonds is 2. The van der Waals surface area contributed by atoms with Crippen LogP contribution in [0.15, 0.2) is 0 Å². The van der Waals surface area contributed by atoms with Crippen molar-refractivity contribution in [3.05, 3.63) is 0 Å². The van der Waals surface area contributed by atoms with Crippen molar-refractivity contribution in [3.8, 4) is 0 Å². The first-order chi connectivity index (χ1) is 6.43. The van der Waals surface area contributed by atoms with E-state index in [-0.39, 0.29) is 12.1 Å². The van der Waals surface area contributed by atoms with Gasteiger partial charge in [0.25, 0.3) is 0 Å². The molecule has 4 N–H and O–H groups in total. The van der Waals surface area contributed by atoms with Crippen LogP contribution in [0.5, 0.6) is 0 Å². The molecular weight excluding hydrogens is 180 g/mol. The molecule has 14 heavy (non-hydrogen) atoms. The molecule has 0 aromatic heterocycles. The molecule has 1 rings (SSSR count). The van der Waals surface area contributed by atoms with Crippen LogP contribution >= 0.6 is 0 Å². The molecule has 0 aromatic rings. The zero-order chi connectivity index (χ0) is 10.9. The number of aliphatic hydroxyl groups is 2. The molecule has 0 saturated carbocycles. The Morgan fingerprint density at radius 2 is 1.07 bits per heavy atom. The Labute approximate surface area is 85.7 Å². The highest BCUT2D eigenvalue weighted by atomic mass is 16.3. The molecule has 1 aliphatic rings. The van der Waals surface area contributed by atoms with Crippen molar-refractivity contribution in [3.63, 3.8) is 0 Å². The van der Waals surface area contributed by atoms with E-state index >= 15 is 0 Å². The van der Waals surface area contributed by atoms with E-state index in [0.29, 0.717) is 11.8 Å². The Morgan fingerprint density at radius 3 is 1.29 bits per heavy atom. The van der Waals surface area contributed by atoms with Gasteiger partial charge in [-0.3, -0.25) is 10.6 Å². The molecule has 1 aliphatic heterocycles. The zero-order valence-corrected chi connectivity index (χ0v) is 9.36. The molecule has 0 spiro atoms. The van der Waals surface area contributed by atoms with E-state index in [2.05, 4.69) is 10.6 Å². The van der Waals surface area contributed by atoms with E-state index in [1.807, 2.05) is 27.7 Å². The van der Waals surface area contributed by atoms with Crippen molar-refractivity contribution >= 4 is 0 Å². The van der Waals surface area contributed by atoms with E-state index in [4.69, 9.17) is 0 Å². The van der Waals surface area contributed by atoms with Crippen LogP contribution in [0.2, 0.25) is 0 Å². The third-order valence-corrected chi connectivity index (χ3v) is 2.84. The molecule has 1 fully saturated rings. The second-order valence-electron chi connectivity index (χ2n) is 4.76. The largest absolute Gasteiger partial charge is 0.377 e. The van der Waals surface area contributed by atoms with Crippen molar-refractivity contribution in [1.29, 1.82) is 0 Å². The first kappa shape index (κ1) is 11.9. The molecule has 4 nitrogen and oxygen atoms in total. The minimum absolute atomic E-state index is 0.0833. The van der Waals surface area contributed by atoms with Gasteiger partial charge in [-0.1, -0.05) is 27.7 Å². The van der Waals surface area contributed by atoms with Gasteiger partial charge in [-0.2, -0.15) is 0 Å². The predicted molar refractivity (Wildman–Crippen MR) is 55.5 cm³/mol. The smallest absolute Gasteiger partial charge is 0.121 e. The summed E-state index contributed by atoms with van der Waals surface area (Å²) in [4.78, 5) is 0. The highest BCUT2D eigenvalue weighted by Gasteiger charge is 2.36. The highest BCUT2D eigenvalue weighted by Crippen LogP contribution is 2.16. The maximum absolute atomic E-state index is 9.79. The summed E-state index contributed by atoms with van der Waals surface area (Å²) in [5.74, 6) is 0.584. The lowest BCUT2D eigenvalue weighted by Gasteiger charge is -2.42. The van der Waals surface area contributed by atoms with E-state index in [0.717, 1.165) is 0 Å². The minimum Gasteiger partial charge on any atom is -0.377 e. The van der Waals surface area contributed by atoms with Crippen LogP contribution in [0.4, 0.5) is 0 Å². The van der Waals surface area contributed by atoms with Crippen molar-refractivity contribution in [2.24, 2.45) is 11.8 Å². The molecule has 0 amide bonds. The minimum atomic E-state index is -0.578. The molecule has 4 unspecified atom stereocenters. The van der Waals surface area contributed by atoms with Gasteiger partial charge in [0.15, 0.2) is 0 Å². The lowest BCUT2D eigenvalue weighted by Crippen LogP contribution is -2.68. The summed E-state index contributed by atoms with van der Waals surface area (Å²) in [7, 11) is 0. The van der Waals surface area contributed by atoms with E-state index < -0.39 is 12.5 Å². The molecule has 84 valence electrons. The summed E-state index contributed by atoms with van der Waals surface area (Å²) in [5.41, 5.74) is 0. The number of piperazine rings is 1. The van der Waals surface area contributed by atoms with Crippen molar-refractivity contribution in [2.75, 3.05) is 0 Å². The van der Waals surface area contributed by atoms with Gasteiger partial charge in [0, 0.05) is 0 Å². The van der Waals surface area contributed by atoms with Gasteiger partial charge in [-0.15, -0.1) is 0 Å². The van der Waals surface area contributed by atoms with Gasteiger partial charge < -0.3 is 10.2 Å². The fourth-order valence-electron chi connectivity index (χ4n) is 1.90. The van der Waals surface area contributed by atoms with Gasteiger partial charge in [-0.05, 0) is 11.8 Å². The first-order valence-corrected chi connectivity index (χ1v) is 5.31. The standard InChI is InChI=1S/C10H22N2O2/c1-5(2)7-9(13)12-8(6(3)4)10(14)11-7/h5-14H,1-4H3. The number of nitrogens with one attached hydrogen (secondary N) is 2. The number of hydrogen-bond donors (Lipinski definition) is 4. The number of aliphatic hydroxyl groups excluding tert-OH is 2. The van der Waals surface area contributed by atoms with Crippen molar-refractivity contribution < 1.29 is 10.2 Å². The predicted octanol–water partition coefficient (Wildman–Crippen LogP) is -0.135. The Bertz CT molecular complexity index is 165. The summed E-state index contributed by atoms with van der Waals surface area (Å²) in [5, 5.41) is 25.7. The normalized spacial score (nSPS) is 39.4. The van der Waals surface area contributed by atoms with Gasteiger partial charge >= 0.3 is 0 Å². The molecule has 4 atom stereocenters. The third kappa shape index (κ3) is 2.45. The second-order valence-corrected chi connectivity index (χ2v) is 4.76. The highest BCUT2D eigenvalue weighted by molar-refractivity contribution is 4.91. The quantitative estimate of drug-likeness (QED) is 0.503. The summed E-state index contributed by atoms with van der Waals surface area (Å²) in [6.45, 7) is 8.08. The molecular formula is C10H22N2O2. The lowest BCUT2D eigenvalue weighted by molar-refractivity contribution is -0.0538. The summed E-state index contributed by atoms with van der Waals surface area (Å²) in [6.07, 6.45) is -1.16. The second kappa shape index (κ2) is 4.57. The fraction of sp³-hybridized carbons (Fsp3) is 1.00. The first-order valence-electron chi connectivity index (χ1n) is 5.31. The van der Waals surface area contributed by atoms with Gasteiger partial charge in [0.05, 0.1) is 12.1 Å². The maximum atomic E-state index is 9.79. The lowest BCUT2D eigenvalue weighted by atomic mass is 9.94. The van der Waals surface area contributed by atoms with Crippen LogP contribution < -0.4 is 10.6 Å². The number of hydrogen-bond acceptors (Lipinski definition) is 4. The van der Waals surface area contributed by atoms with E-state index in [1.165, 1.54) is 0 Å². The van der Waals surface area contributed by atoms with Crippen LogP contribution in [-0.2, 0) is 0 Å².